The number of imide groups is 2. The average Bonchev–Trinajstić information content (AvgIpc) is 3.30. The molecule has 2 atom stereocenters. The van der Waals surface area contributed by atoms with Crippen LogP contribution in [0, 0.1) is 0 Å². The van der Waals surface area contributed by atoms with Gasteiger partial charge in [0.15, 0.2) is 0 Å². The number of halogens is 2. The lowest BCUT2D eigenvalue weighted by Crippen LogP contribution is -2.39. The predicted octanol–water partition coefficient (Wildman–Crippen LogP) is 3.70. The second-order valence-electron chi connectivity index (χ2n) is 8.92. The molecular weight excluding hydrogens is 503 g/mol. The Hall–Kier alpha value is -2.78. The zero-order valence-electron chi connectivity index (χ0n) is 19.7. The van der Waals surface area contributed by atoms with Gasteiger partial charge in [-0.05, 0) is 74.5 Å². The minimum atomic E-state index is -0.510. The molecule has 2 heterocycles. The molecule has 10 heteroatoms. The topological polar surface area (TPSA) is 98.8 Å². The van der Waals surface area contributed by atoms with E-state index in [0.29, 0.717) is 34.5 Å². The predicted molar refractivity (Wildman–Crippen MR) is 139 cm³/mol. The number of amides is 4. The van der Waals surface area contributed by atoms with E-state index in [1.165, 1.54) is 9.80 Å². The Morgan fingerprint density at radius 1 is 0.611 bits per heavy atom. The maximum absolute atomic E-state index is 12.7. The van der Waals surface area contributed by atoms with Crippen LogP contribution in [0.3, 0.4) is 0 Å². The molecule has 0 radical (unpaired) electrons. The molecule has 2 fully saturated rings. The van der Waals surface area contributed by atoms with Crippen molar-refractivity contribution in [1.82, 2.24) is 10.6 Å². The van der Waals surface area contributed by atoms with E-state index >= 15 is 0 Å². The van der Waals surface area contributed by atoms with Gasteiger partial charge in [0, 0.05) is 10.0 Å². The molecule has 0 aromatic heterocycles. The van der Waals surface area contributed by atoms with E-state index in [4.69, 9.17) is 23.2 Å². The van der Waals surface area contributed by atoms with Gasteiger partial charge < -0.3 is 10.6 Å². The van der Waals surface area contributed by atoms with E-state index in [0.717, 1.165) is 25.7 Å². The second kappa shape index (κ2) is 12.0. The van der Waals surface area contributed by atoms with Crippen molar-refractivity contribution in [2.24, 2.45) is 0 Å². The molecule has 2 aliphatic rings. The van der Waals surface area contributed by atoms with Crippen LogP contribution in [0.4, 0.5) is 11.4 Å². The van der Waals surface area contributed by atoms with Crippen molar-refractivity contribution >= 4 is 58.2 Å². The van der Waals surface area contributed by atoms with Crippen LogP contribution in [0.25, 0.3) is 0 Å². The fraction of sp³-hybridized carbons (Fsp3) is 0.385. The van der Waals surface area contributed by atoms with Crippen molar-refractivity contribution in [3.63, 3.8) is 0 Å². The Morgan fingerprint density at radius 2 is 0.972 bits per heavy atom. The molecule has 4 amide bonds. The number of rotatable bonds is 11. The van der Waals surface area contributed by atoms with Crippen molar-refractivity contribution in [2.75, 3.05) is 22.9 Å². The van der Waals surface area contributed by atoms with Gasteiger partial charge >= 0.3 is 0 Å². The van der Waals surface area contributed by atoms with Crippen LogP contribution >= 0.6 is 23.2 Å². The minimum Gasteiger partial charge on any atom is -0.305 e. The number of carbonyl (C=O) groups is 4. The van der Waals surface area contributed by atoms with Crippen LogP contribution in [0.2, 0.25) is 10.0 Å². The molecule has 0 aliphatic carbocycles. The fourth-order valence-corrected chi connectivity index (χ4v) is 4.71. The summed E-state index contributed by atoms with van der Waals surface area (Å²) >= 11 is 11.8. The lowest BCUT2D eigenvalue weighted by Gasteiger charge is -2.16. The first-order chi connectivity index (χ1) is 17.3. The largest absolute Gasteiger partial charge is 0.305 e. The molecule has 2 N–H and O–H groups in total. The quantitative estimate of drug-likeness (QED) is 0.339. The van der Waals surface area contributed by atoms with Gasteiger partial charge in [-0.15, -0.1) is 0 Å². The van der Waals surface area contributed by atoms with Crippen molar-refractivity contribution in [2.45, 2.75) is 50.6 Å². The summed E-state index contributed by atoms with van der Waals surface area (Å²) in [5, 5.41) is 7.48. The Bertz CT molecular complexity index is 1030. The SMILES string of the molecule is O=C1CC(NCCCCCCNC2CC(=O)N(c3ccc(Cl)cc3)C2=O)C(=O)N1c1ccc(Cl)cc1. The lowest BCUT2D eigenvalue weighted by atomic mass is 10.1. The van der Waals surface area contributed by atoms with Gasteiger partial charge in [-0.2, -0.15) is 0 Å². The first-order valence-electron chi connectivity index (χ1n) is 12.1. The van der Waals surface area contributed by atoms with Crippen LogP contribution in [-0.4, -0.2) is 48.8 Å². The standard InChI is InChI=1S/C26H28Cl2N4O4/c27-17-5-9-19(10-6-17)31-23(33)15-21(25(31)35)29-13-3-1-2-4-14-30-22-16-24(34)32(26(22)36)20-11-7-18(28)8-12-20/h5-12,21-22,29-30H,1-4,13-16H2. The first kappa shape index (κ1) is 26.3. The number of nitrogens with one attached hydrogen (secondary N) is 2. The third-order valence-electron chi connectivity index (χ3n) is 6.35. The maximum atomic E-state index is 12.7. The molecule has 2 saturated heterocycles. The van der Waals surface area contributed by atoms with Crippen LogP contribution < -0.4 is 20.4 Å². The molecule has 0 bridgehead atoms. The minimum absolute atomic E-state index is 0.145. The normalized spacial score (nSPS) is 20.2. The molecule has 0 spiro atoms. The first-order valence-corrected chi connectivity index (χ1v) is 12.8. The monoisotopic (exact) mass is 530 g/mol. The van der Waals surface area contributed by atoms with Crippen LogP contribution in [0.5, 0.6) is 0 Å². The smallest absolute Gasteiger partial charge is 0.251 e. The molecule has 2 aromatic carbocycles. The number of hydrogen-bond donors (Lipinski definition) is 2. The summed E-state index contributed by atoms with van der Waals surface area (Å²) in [6, 6.07) is 12.3. The average molecular weight is 531 g/mol. The van der Waals surface area contributed by atoms with Gasteiger partial charge in [0.1, 0.15) is 0 Å². The van der Waals surface area contributed by atoms with E-state index in [-0.39, 0.29) is 36.5 Å². The molecule has 2 unspecified atom stereocenters. The highest BCUT2D eigenvalue weighted by atomic mass is 35.5. The van der Waals surface area contributed by atoms with Crippen molar-refractivity contribution in [1.29, 1.82) is 0 Å². The third kappa shape index (κ3) is 6.13. The molecule has 4 rings (SSSR count). The number of unbranched alkanes of at least 4 members (excludes halogenated alkanes) is 3. The van der Waals surface area contributed by atoms with Gasteiger partial charge in [0.05, 0.1) is 36.3 Å². The van der Waals surface area contributed by atoms with Crippen molar-refractivity contribution < 1.29 is 19.2 Å². The molecular formula is C26H28Cl2N4O4. The van der Waals surface area contributed by atoms with E-state index in [2.05, 4.69) is 10.6 Å². The fourth-order valence-electron chi connectivity index (χ4n) is 4.46. The highest BCUT2D eigenvalue weighted by Crippen LogP contribution is 2.25. The molecule has 8 nitrogen and oxygen atoms in total. The van der Waals surface area contributed by atoms with E-state index in [9.17, 15) is 19.2 Å². The number of hydrogen-bond acceptors (Lipinski definition) is 6. The van der Waals surface area contributed by atoms with Gasteiger partial charge in [-0.1, -0.05) is 36.0 Å². The lowest BCUT2D eigenvalue weighted by molar-refractivity contribution is -0.123. The third-order valence-corrected chi connectivity index (χ3v) is 6.85. The summed E-state index contributed by atoms with van der Waals surface area (Å²) < 4.78 is 0. The maximum Gasteiger partial charge on any atom is 0.251 e. The summed E-state index contributed by atoms with van der Waals surface area (Å²) in [7, 11) is 0. The Balaban J connectivity index is 1.11. The number of anilines is 2. The second-order valence-corrected chi connectivity index (χ2v) is 9.80. The van der Waals surface area contributed by atoms with Gasteiger partial charge in [-0.25, -0.2) is 9.80 Å². The highest BCUT2D eigenvalue weighted by Gasteiger charge is 2.40. The summed E-state index contributed by atoms with van der Waals surface area (Å²) in [4.78, 5) is 52.4. The Labute approximate surface area is 219 Å². The highest BCUT2D eigenvalue weighted by molar-refractivity contribution is 6.31. The summed E-state index contributed by atoms with van der Waals surface area (Å²) in [5.74, 6) is -0.925. The Kier molecular flexibility index (Phi) is 8.74. The molecule has 0 saturated carbocycles. The summed E-state index contributed by atoms with van der Waals surface area (Å²) in [6.07, 6.45) is 3.91. The van der Waals surface area contributed by atoms with E-state index in [1.807, 2.05) is 0 Å². The van der Waals surface area contributed by atoms with Crippen LogP contribution in [0.1, 0.15) is 38.5 Å². The van der Waals surface area contributed by atoms with Gasteiger partial charge in [0.25, 0.3) is 11.8 Å². The molecule has 2 aliphatic heterocycles. The molecule has 190 valence electrons. The van der Waals surface area contributed by atoms with Crippen molar-refractivity contribution in [3.05, 3.63) is 58.6 Å². The van der Waals surface area contributed by atoms with Crippen molar-refractivity contribution in [3.8, 4) is 0 Å². The van der Waals surface area contributed by atoms with Crippen LogP contribution in [0.15, 0.2) is 48.5 Å². The summed E-state index contributed by atoms with van der Waals surface area (Å²) in [6.45, 7) is 1.27. The number of carbonyl (C=O) groups excluding carboxylic acids is 4. The Morgan fingerprint density at radius 3 is 1.33 bits per heavy atom. The zero-order chi connectivity index (χ0) is 25.7. The molecule has 36 heavy (non-hydrogen) atoms. The number of nitrogens with zero attached hydrogens (tertiary/aromatic N) is 2. The molecule has 2 aromatic rings. The summed E-state index contributed by atoms with van der Waals surface area (Å²) in [5.41, 5.74) is 1.06. The van der Waals surface area contributed by atoms with E-state index in [1.54, 1.807) is 48.5 Å². The van der Waals surface area contributed by atoms with E-state index < -0.39 is 12.1 Å². The van der Waals surface area contributed by atoms with Gasteiger partial charge in [-0.3, -0.25) is 19.2 Å². The van der Waals surface area contributed by atoms with Crippen LogP contribution in [-0.2, 0) is 19.2 Å². The number of benzene rings is 2. The zero-order valence-corrected chi connectivity index (χ0v) is 21.2. The van der Waals surface area contributed by atoms with Gasteiger partial charge in [0.2, 0.25) is 11.8 Å².